The molecular formula is C15H22N4O4. The Morgan fingerprint density at radius 3 is 2.57 bits per heavy atom. The number of amides is 1. The predicted octanol–water partition coefficient (Wildman–Crippen LogP) is 0.732. The van der Waals surface area contributed by atoms with Crippen LogP contribution in [-0.2, 0) is 16.2 Å². The molecule has 1 saturated heterocycles. The van der Waals surface area contributed by atoms with E-state index >= 15 is 0 Å². The molecule has 0 spiro atoms. The molecule has 23 heavy (non-hydrogen) atoms. The number of carbonyl (C=O) groups excluding carboxylic acids is 1. The van der Waals surface area contributed by atoms with Gasteiger partial charge >= 0.3 is 0 Å². The van der Waals surface area contributed by atoms with Gasteiger partial charge in [0.25, 0.3) is 11.6 Å². The second-order valence-corrected chi connectivity index (χ2v) is 5.55. The first-order chi connectivity index (χ1) is 11.0. The molecule has 126 valence electrons. The summed E-state index contributed by atoms with van der Waals surface area (Å²) in [5.41, 5.74) is 1.05. The predicted molar refractivity (Wildman–Crippen MR) is 84.6 cm³/mol. The van der Waals surface area contributed by atoms with Crippen molar-refractivity contribution < 1.29 is 14.6 Å². The van der Waals surface area contributed by atoms with Crippen LogP contribution >= 0.6 is 0 Å². The van der Waals surface area contributed by atoms with Crippen molar-refractivity contribution in [3.05, 3.63) is 39.9 Å². The number of piperazine rings is 1. The van der Waals surface area contributed by atoms with E-state index in [4.69, 9.17) is 4.84 Å². The maximum Gasteiger partial charge on any atom is 0.269 e. The van der Waals surface area contributed by atoms with E-state index in [1.165, 1.54) is 18.2 Å². The summed E-state index contributed by atoms with van der Waals surface area (Å²) >= 11 is 0. The van der Waals surface area contributed by atoms with Crippen molar-refractivity contribution in [1.29, 1.82) is 0 Å². The van der Waals surface area contributed by atoms with Gasteiger partial charge in [-0.1, -0.05) is 12.1 Å². The van der Waals surface area contributed by atoms with Crippen molar-refractivity contribution in [2.75, 3.05) is 46.9 Å². The third kappa shape index (κ3) is 4.98. The summed E-state index contributed by atoms with van der Waals surface area (Å²) in [7, 11) is 3.07. The molecule has 0 bridgehead atoms. The number of nitrogens with zero attached hydrogens (tertiary/aromatic N) is 4. The first-order valence-corrected chi connectivity index (χ1v) is 7.48. The fourth-order valence-electron chi connectivity index (χ4n) is 2.52. The van der Waals surface area contributed by atoms with Crippen LogP contribution < -0.4 is 0 Å². The van der Waals surface area contributed by atoms with Crippen LogP contribution in [0.4, 0.5) is 5.69 Å². The Hall–Kier alpha value is -2.03. The molecule has 1 aromatic carbocycles. The smallest absolute Gasteiger partial charge is 0.269 e. The Morgan fingerprint density at radius 1 is 1.30 bits per heavy atom. The number of hydrogen-bond donors (Lipinski definition) is 0. The van der Waals surface area contributed by atoms with E-state index in [2.05, 4.69) is 9.80 Å². The average Bonchev–Trinajstić information content (AvgIpc) is 2.56. The van der Waals surface area contributed by atoms with Crippen molar-refractivity contribution in [2.45, 2.75) is 6.54 Å². The van der Waals surface area contributed by atoms with Crippen molar-refractivity contribution >= 4 is 11.6 Å². The Labute approximate surface area is 135 Å². The van der Waals surface area contributed by atoms with E-state index in [-0.39, 0.29) is 16.5 Å². The SMILES string of the molecule is CON(C)C(=O)CN1CCN(Cc2cccc([N+](=O)[O-])c2)CC1. The largest absolute Gasteiger partial charge is 0.297 e. The molecule has 8 heteroatoms. The van der Waals surface area contributed by atoms with E-state index in [9.17, 15) is 14.9 Å². The Bertz CT molecular complexity index is 558. The summed E-state index contributed by atoms with van der Waals surface area (Å²) in [4.78, 5) is 31.4. The minimum atomic E-state index is -0.376. The monoisotopic (exact) mass is 322 g/mol. The first kappa shape index (κ1) is 17.3. The molecule has 0 unspecified atom stereocenters. The molecule has 2 rings (SSSR count). The van der Waals surface area contributed by atoms with Crippen LogP contribution in [0.5, 0.6) is 0 Å². The number of nitro groups is 1. The fourth-order valence-corrected chi connectivity index (χ4v) is 2.52. The standard InChI is InChI=1S/C15H22N4O4/c1-16(23-2)15(20)12-18-8-6-17(7-9-18)11-13-4-3-5-14(10-13)19(21)22/h3-5,10H,6-9,11-12H2,1-2H3. The van der Waals surface area contributed by atoms with Crippen molar-refractivity contribution in [2.24, 2.45) is 0 Å². The fraction of sp³-hybridized carbons (Fsp3) is 0.533. The number of nitro benzene ring substituents is 1. The summed E-state index contributed by atoms with van der Waals surface area (Å²) in [6.45, 7) is 4.26. The number of likely N-dealkylation sites (N-methyl/N-ethyl adjacent to an activating group) is 1. The zero-order chi connectivity index (χ0) is 16.8. The van der Waals surface area contributed by atoms with Crippen LogP contribution in [0.25, 0.3) is 0 Å². The second kappa shape index (κ2) is 8.00. The Kier molecular flexibility index (Phi) is 6.03. The first-order valence-electron chi connectivity index (χ1n) is 7.48. The third-order valence-electron chi connectivity index (χ3n) is 3.98. The van der Waals surface area contributed by atoms with Crippen molar-refractivity contribution in [1.82, 2.24) is 14.9 Å². The molecule has 0 aliphatic carbocycles. The quantitative estimate of drug-likeness (QED) is 0.567. The van der Waals surface area contributed by atoms with E-state index in [1.807, 2.05) is 6.07 Å². The van der Waals surface area contributed by atoms with Gasteiger partial charge in [-0.05, 0) is 5.56 Å². The molecule has 1 aliphatic heterocycles. The molecule has 0 radical (unpaired) electrons. The lowest BCUT2D eigenvalue weighted by molar-refractivity contribution is -0.384. The number of non-ortho nitro benzene ring substituents is 1. The van der Waals surface area contributed by atoms with Crippen LogP contribution in [0, 0.1) is 10.1 Å². The average molecular weight is 322 g/mol. The minimum absolute atomic E-state index is 0.0698. The van der Waals surface area contributed by atoms with E-state index in [0.717, 1.165) is 31.7 Å². The normalized spacial score (nSPS) is 16.3. The van der Waals surface area contributed by atoms with Gasteiger partial charge in [0.2, 0.25) is 0 Å². The number of carbonyl (C=O) groups is 1. The zero-order valence-electron chi connectivity index (χ0n) is 13.5. The highest BCUT2D eigenvalue weighted by molar-refractivity contribution is 5.76. The van der Waals surface area contributed by atoms with Gasteiger partial charge < -0.3 is 0 Å². The van der Waals surface area contributed by atoms with E-state index in [0.29, 0.717) is 13.1 Å². The summed E-state index contributed by atoms with van der Waals surface area (Å²) in [5.74, 6) is -0.0698. The molecule has 1 aromatic rings. The Morgan fingerprint density at radius 2 is 1.96 bits per heavy atom. The third-order valence-corrected chi connectivity index (χ3v) is 3.98. The summed E-state index contributed by atoms with van der Waals surface area (Å²) in [6.07, 6.45) is 0. The van der Waals surface area contributed by atoms with Gasteiger partial charge in [-0.25, -0.2) is 5.06 Å². The summed E-state index contributed by atoms with van der Waals surface area (Å²) in [6, 6.07) is 6.72. The van der Waals surface area contributed by atoms with E-state index in [1.54, 1.807) is 19.2 Å². The van der Waals surface area contributed by atoms with Crippen LogP contribution in [0.15, 0.2) is 24.3 Å². The maximum absolute atomic E-state index is 11.8. The highest BCUT2D eigenvalue weighted by Crippen LogP contribution is 2.15. The molecule has 0 atom stereocenters. The van der Waals surface area contributed by atoms with Crippen LogP contribution in [0.1, 0.15) is 5.56 Å². The summed E-state index contributed by atoms with van der Waals surface area (Å²) in [5, 5.41) is 12.0. The van der Waals surface area contributed by atoms with Gasteiger partial charge in [0, 0.05) is 51.9 Å². The van der Waals surface area contributed by atoms with Crippen molar-refractivity contribution in [3.63, 3.8) is 0 Å². The molecule has 0 aromatic heterocycles. The van der Waals surface area contributed by atoms with Gasteiger partial charge in [0.1, 0.15) is 0 Å². The van der Waals surface area contributed by atoms with Crippen molar-refractivity contribution in [3.8, 4) is 0 Å². The topological polar surface area (TPSA) is 79.2 Å². The van der Waals surface area contributed by atoms with Gasteiger partial charge in [0.05, 0.1) is 18.6 Å². The molecule has 0 N–H and O–H groups in total. The number of benzene rings is 1. The van der Waals surface area contributed by atoms with Gasteiger partial charge in [-0.15, -0.1) is 0 Å². The molecule has 0 saturated carbocycles. The lowest BCUT2D eigenvalue weighted by Gasteiger charge is -2.34. The van der Waals surface area contributed by atoms with Crippen LogP contribution in [0.2, 0.25) is 0 Å². The van der Waals surface area contributed by atoms with Gasteiger partial charge in [-0.3, -0.25) is 29.5 Å². The molecule has 8 nitrogen and oxygen atoms in total. The van der Waals surface area contributed by atoms with E-state index < -0.39 is 0 Å². The zero-order valence-corrected chi connectivity index (χ0v) is 13.5. The van der Waals surface area contributed by atoms with Crippen LogP contribution in [0.3, 0.4) is 0 Å². The molecule has 1 heterocycles. The van der Waals surface area contributed by atoms with Gasteiger partial charge in [-0.2, -0.15) is 0 Å². The van der Waals surface area contributed by atoms with Gasteiger partial charge in [0.15, 0.2) is 0 Å². The second-order valence-electron chi connectivity index (χ2n) is 5.55. The lowest BCUT2D eigenvalue weighted by Crippen LogP contribution is -2.49. The Balaban J connectivity index is 1.82. The molecule has 1 amide bonds. The number of hydroxylamine groups is 2. The highest BCUT2D eigenvalue weighted by Gasteiger charge is 2.21. The minimum Gasteiger partial charge on any atom is -0.297 e. The molecule has 1 aliphatic rings. The summed E-state index contributed by atoms with van der Waals surface area (Å²) < 4.78 is 0. The van der Waals surface area contributed by atoms with Crippen LogP contribution in [-0.4, -0.2) is 72.6 Å². The number of rotatable bonds is 6. The number of hydrogen-bond acceptors (Lipinski definition) is 6. The maximum atomic E-state index is 11.8. The molecule has 1 fully saturated rings. The highest BCUT2D eigenvalue weighted by atomic mass is 16.7. The lowest BCUT2D eigenvalue weighted by atomic mass is 10.1. The molecular weight excluding hydrogens is 300 g/mol.